The number of aromatic nitrogens is 4. The summed E-state index contributed by atoms with van der Waals surface area (Å²) in [4.78, 5) is 73.4. The zero-order valence-electron chi connectivity index (χ0n) is 37.8. The molecule has 4 heterocycles. The minimum atomic E-state index is -1.58. The highest BCUT2D eigenvalue weighted by Crippen LogP contribution is 2.46. The van der Waals surface area contributed by atoms with E-state index in [0.29, 0.717) is 36.8 Å². The summed E-state index contributed by atoms with van der Waals surface area (Å²) in [6, 6.07) is 24.0. The number of rotatable bonds is 13. The van der Waals surface area contributed by atoms with Crippen LogP contribution in [0.3, 0.4) is 0 Å². The fourth-order valence-electron chi connectivity index (χ4n) is 9.49. The van der Waals surface area contributed by atoms with E-state index in [1.807, 2.05) is 88.9 Å². The molecule has 2 aromatic heterocycles. The summed E-state index contributed by atoms with van der Waals surface area (Å²) in [5.74, 6) is 0.717. The molecule has 0 saturated carbocycles. The van der Waals surface area contributed by atoms with Crippen molar-refractivity contribution in [3.05, 3.63) is 108 Å². The van der Waals surface area contributed by atoms with Crippen molar-refractivity contribution in [3.8, 4) is 33.6 Å². The summed E-state index contributed by atoms with van der Waals surface area (Å²) >= 11 is 0. The van der Waals surface area contributed by atoms with Crippen LogP contribution in [-0.4, -0.2) is 98.3 Å². The van der Waals surface area contributed by atoms with E-state index in [2.05, 4.69) is 44.9 Å². The number of aromatic amines is 2. The van der Waals surface area contributed by atoms with Gasteiger partial charge in [0.05, 0.1) is 49.6 Å². The van der Waals surface area contributed by atoms with Gasteiger partial charge in [0.1, 0.15) is 17.7 Å². The molecule has 0 radical (unpaired) electrons. The van der Waals surface area contributed by atoms with Crippen molar-refractivity contribution < 1.29 is 33.8 Å². The topological polar surface area (TPSA) is 195 Å². The van der Waals surface area contributed by atoms with Gasteiger partial charge < -0.3 is 45.0 Å². The number of amides is 4. The Morgan fingerprint density at radius 3 is 1.86 bits per heavy atom. The Balaban J connectivity index is 1.07. The Kier molecular flexibility index (Phi) is 13.3. The highest BCUT2D eigenvalue weighted by Gasteiger charge is 2.56. The van der Waals surface area contributed by atoms with Gasteiger partial charge in [-0.25, -0.2) is 19.6 Å². The highest BCUT2D eigenvalue weighted by atomic mass is 16.5. The van der Waals surface area contributed by atoms with Gasteiger partial charge in [0.2, 0.25) is 5.91 Å². The number of hydrogen-bond donors (Lipinski definition) is 5. The van der Waals surface area contributed by atoms with E-state index < -0.39 is 35.2 Å². The average molecular weight is 873 g/mol. The van der Waals surface area contributed by atoms with Crippen LogP contribution in [0, 0.1) is 17.3 Å². The van der Waals surface area contributed by atoms with E-state index in [-0.39, 0.29) is 35.7 Å². The normalized spacial score (nSPS) is 20.2. The number of alkyl carbamates (subject to hydrolysis) is 1. The number of imidazole rings is 2. The first-order valence-electron chi connectivity index (χ1n) is 21.9. The van der Waals surface area contributed by atoms with Gasteiger partial charge in [-0.2, -0.15) is 0 Å². The lowest BCUT2D eigenvalue weighted by atomic mass is 9.68. The van der Waals surface area contributed by atoms with Crippen molar-refractivity contribution in [3.63, 3.8) is 0 Å². The summed E-state index contributed by atoms with van der Waals surface area (Å²) < 4.78 is 10.3. The van der Waals surface area contributed by atoms with Crippen LogP contribution in [0.25, 0.3) is 33.6 Å². The Morgan fingerprint density at radius 1 is 0.812 bits per heavy atom. The second-order valence-corrected chi connectivity index (χ2v) is 18.4. The highest BCUT2D eigenvalue weighted by molar-refractivity contribution is 5.92. The number of hydrogen-bond acceptors (Lipinski definition) is 8. The first kappa shape index (κ1) is 45.5. The number of H-pyrrole nitrogens is 2. The van der Waals surface area contributed by atoms with Crippen LogP contribution in [0.15, 0.2) is 91.3 Å². The van der Waals surface area contributed by atoms with Crippen LogP contribution in [0.4, 0.5) is 9.59 Å². The molecule has 0 unspecified atom stereocenters. The van der Waals surface area contributed by atoms with Gasteiger partial charge in [0.15, 0.2) is 5.54 Å². The second kappa shape index (κ2) is 18.7. The van der Waals surface area contributed by atoms with Crippen molar-refractivity contribution in [1.82, 2.24) is 40.4 Å². The second-order valence-electron chi connectivity index (χ2n) is 18.4. The van der Waals surface area contributed by atoms with E-state index in [9.17, 15) is 24.3 Å². The lowest BCUT2D eigenvalue weighted by Crippen LogP contribution is -2.63. The molecule has 3 aromatic carbocycles. The largest absolute Gasteiger partial charge is 0.465 e. The molecule has 7 rings (SSSR count). The molecule has 5 N–H and O–H groups in total. The third-order valence-corrected chi connectivity index (χ3v) is 12.9. The number of nitrogens with one attached hydrogen (secondary N) is 4. The van der Waals surface area contributed by atoms with Crippen molar-refractivity contribution in [2.45, 2.75) is 90.5 Å². The summed E-state index contributed by atoms with van der Waals surface area (Å²) in [5.41, 5.74) is 3.71. The SMILES string of the molecule is COC[C@H]1C[C@@H](c2ncc(-c3ccc(-c4ccc(-c5cnc([C@@H]6CC[C@H](C)N6C(=O)[C@@H](NC(=O)OC)C(C)C)[nH]5)cc4)cc3)[nH]2)N(C(=O)[C@](NC(=O)O)(c2ccccc2)C(C)(C)C)C1. The first-order chi connectivity index (χ1) is 30.6. The maximum absolute atomic E-state index is 15.0. The molecule has 15 heteroatoms. The average Bonchev–Trinajstić information content (AvgIpc) is 4.11. The molecule has 2 saturated heterocycles. The molecule has 0 bridgehead atoms. The van der Waals surface area contributed by atoms with Crippen LogP contribution in [-0.2, 0) is 24.6 Å². The number of nitrogens with zero attached hydrogens (tertiary/aromatic N) is 4. The lowest BCUT2D eigenvalue weighted by molar-refractivity contribution is -0.145. The van der Waals surface area contributed by atoms with Crippen molar-refractivity contribution >= 4 is 24.0 Å². The predicted molar refractivity (Wildman–Crippen MR) is 243 cm³/mol. The zero-order valence-corrected chi connectivity index (χ0v) is 37.8. The molecule has 2 aliphatic heterocycles. The van der Waals surface area contributed by atoms with E-state index >= 15 is 0 Å². The Hall–Kier alpha value is -6.48. The molecule has 2 aliphatic rings. The fraction of sp³-hybridized carbons (Fsp3) is 0.429. The quantitative estimate of drug-likeness (QED) is 0.0773. The number of carbonyl (C=O) groups is 4. The third-order valence-electron chi connectivity index (χ3n) is 12.9. The van der Waals surface area contributed by atoms with Gasteiger partial charge in [-0.3, -0.25) is 9.59 Å². The van der Waals surface area contributed by atoms with E-state index in [1.54, 1.807) is 36.5 Å². The molecule has 338 valence electrons. The fourth-order valence-corrected chi connectivity index (χ4v) is 9.49. The zero-order chi connectivity index (χ0) is 45.9. The summed E-state index contributed by atoms with van der Waals surface area (Å²) in [7, 11) is 2.93. The number of carbonyl (C=O) groups excluding carboxylic acids is 3. The van der Waals surface area contributed by atoms with Crippen molar-refractivity contribution in [2.24, 2.45) is 17.3 Å². The van der Waals surface area contributed by atoms with Gasteiger partial charge in [-0.05, 0) is 65.3 Å². The number of methoxy groups -OCH3 is 2. The van der Waals surface area contributed by atoms with E-state index in [4.69, 9.17) is 19.4 Å². The van der Waals surface area contributed by atoms with Crippen LogP contribution in [0.1, 0.15) is 90.1 Å². The molecular weight excluding hydrogens is 813 g/mol. The molecule has 15 nitrogen and oxygen atoms in total. The number of ether oxygens (including phenoxy) is 2. The molecule has 2 fully saturated rings. The van der Waals surface area contributed by atoms with Crippen LogP contribution < -0.4 is 10.6 Å². The predicted octanol–water partition coefficient (Wildman–Crippen LogP) is 8.31. The van der Waals surface area contributed by atoms with Crippen molar-refractivity contribution in [1.29, 1.82) is 0 Å². The maximum Gasteiger partial charge on any atom is 0.407 e. The Labute approximate surface area is 374 Å². The van der Waals surface area contributed by atoms with Crippen LogP contribution >= 0.6 is 0 Å². The monoisotopic (exact) mass is 872 g/mol. The molecule has 0 spiro atoms. The molecule has 4 amide bonds. The van der Waals surface area contributed by atoms with Crippen LogP contribution in [0.5, 0.6) is 0 Å². The van der Waals surface area contributed by atoms with Gasteiger partial charge in [0, 0.05) is 25.6 Å². The van der Waals surface area contributed by atoms with Gasteiger partial charge in [0.25, 0.3) is 5.91 Å². The molecule has 6 atom stereocenters. The Morgan fingerprint density at radius 2 is 1.36 bits per heavy atom. The number of carboxylic acid groups (broad SMARTS) is 1. The standard InChI is InChI=1S/C49H60N8O7/c1-29(2)41(54-47(62)64-8)44(58)57-30(3)14-23-39(57)42-50-25-37(52-42)34-19-15-32(16-20-34)33-17-21-35(22-18-33)38-26-51-43(53-38)40-24-31(28-63-7)27-56(40)45(59)49(48(4,5)6,55-46(60)61)36-12-10-9-11-13-36/h9-13,15-22,25-26,29-31,39-41,55H,14,23-24,27-28H2,1-8H3,(H,50,52)(H,51,53)(H,54,62)(H,60,61)/t30-,31-,39-,40-,41-,49+/m0/s1. The van der Waals surface area contributed by atoms with Crippen LogP contribution in [0.2, 0.25) is 0 Å². The molecular formula is C49H60N8O7. The summed E-state index contributed by atoms with van der Waals surface area (Å²) in [6.45, 7) is 12.3. The lowest BCUT2D eigenvalue weighted by Gasteiger charge is -2.46. The number of likely N-dealkylation sites (tertiary alicyclic amines) is 2. The van der Waals surface area contributed by atoms with E-state index in [0.717, 1.165) is 46.5 Å². The van der Waals surface area contributed by atoms with Gasteiger partial charge >= 0.3 is 12.2 Å². The van der Waals surface area contributed by atoms with E-state index in [1.165, 1.54) is 7.11 Å². The summed E-state index contributed by atoms with van der Waals surface area (Å²) in [6.07, 6.45) is 3.82. The van der Waals surface area contributed by atoms with Gasteiger partial charge in [-0.1, -0.05) is 113 Å². The molecule has 5 aromatic rings. The molecule has 0 aliphatic carbocycles. The molecule has 64 heavy (non-hydrogen) atoms. The summed E-state index contributed by atoms with van der Waals surface area (Å²) in [5, 5.41) is 15.5. The number of benzene rings is 3. The smallest absolute Gasteiger partial charge is 0.407 e. The van der Waals surface area contributed by atoms with Gasteiger partial charge in [-0.15, -0.1) is 0 Å². The third kappa shape index (κ3) is 8.99. The Bertz CT molecular complexity index is 2420. The minimum Gasteiger partial charge on any atom is -0.465 e. The first-order valence-corrected chi connectivity index (χ1v) is 21.9. The maximum atomic E-state index is 15.0. The minimum absolute atomic E-state index is 0.0147. The van der Waals surface area contributed by atoms with Crippen molar-refractivity contribution in [2.75, 3.05) is 27.4 Å².